The molecule has 1 atom stereocenters. The maximum atomic E-state index is 13.4. The minimum absolute atomic E-state index is 0.115. The zero-order chi connectivity index (χ0) is 19.7. The second-order valence-electron chi connectivity index (χ2n) is 7.41. The summed E-state index contributed by atoms with van der Waals surface area (Å²) in [6.45, 7) is 4.87. The first kappa shape index (κ1) is 19.0. The van der Waals surface area contributed by atoms with Gasteiger partial charge in [0, 0.05) is 31.2 Å². The van der Waals surface area contributed by atoms with Gasteiger partial charge in [-0.15, -0.1) is 0 Å². The van der Waals surface area contributed by atoms with Crippen molar-refractivity contribution >= 4 is 21.6 Å². The molecule has 0 radical (unpaired) electrons. The number of hydrogen-bond donors (Lipinski definition) is 1. The van der Waals surface area contributed by atoms with E-state index in [1.807, 2.05) is 31.2 Å². The van der Waals surface area contributed by atoms with Crippen molar-refractivity contribution in [3.05, 3.63) is 59.7 Å². The van der Waals surface area contributed by atoms with Crippen LogP contribution in [0.15, 0.2) is 53.4 Å². The Morgan fingerprint density at radius 1 is 1.07 bits per heavy atom. The monoisotopic (exact) mass is 399 g/mol. The Labute approximate surface area is 166 Å². The fourth-order valence-electron chi connectivity index (χ4n) is 4.04. The SMILES string of the molecule is CC1Cc2ccccc2N1S(=O)(=O)c1cccc(C(=O)N2CCCNCC2)c1. The molecule has 148 valence electrons. The molecular formula is C21H25N3O3S. The first-order chi connectivity index (χ1) is 13.5. The van der Waals surface area contributed by atoms with E-state index in [1.54, 1.807) is 23.1 Å². The van der Waals surface area contributed by atoms with Crippen LogP contribution in [0.2, 0.25) is 0 Å². The van der Waals surface area contributed by atoms with Crippen LogP contribution in [-0.2, 0) is 16.4 Å². The number of rotatable bonds is 3. The Morgan fingerprint density at radius 3 is 2.75 bits per heavy atom. The van der Waals surface area contributed by atoms with Crippen molar-refractivity contribution in [3.63, 3.8) is 0 Å². The minimum Gasteiger partial charge on any atom is -0.337 e. The van der Waals surface area contributed by atoms with Crippen molar-refractivity contribution < 1.29 is 13.2 Å². The van der Waals surface area contributed by atoms with E-state index in [9.17, 15) is 13.2 Å². The molecule has 0 bridgehead atoms. The number of hydrogen-bond acceptors (Lipinski definition) is 4. The van der Waals surface area contributed by atoms with E-state index < -0.39 is 10.0 Å². The number of anilines is 1. The number of amides is 1. The molecule has 0 aliphatic carbocycles. The van der Waals surface area contributed by atoms with E-state index >= 15 is 0 Å². The van der Waals surface area contributed by atoms with E-state index in [-0.39, 0.29) is 16.8 Å². The van der Waals surface area contributed by atoms with Gasteiger partial charge in [-0.2, -0.15) is 0 Å². The lowest BCUT2D eigenvalue weighted by Crippen LogP contribution is -2.36. The van der Waals surface area contributed by atoms with Gasteiger partial charge in [-0.1, -0.05) is 24.3 Å². The van der Waals surface area contributed by atoms with Gasteiger partial charge in [0.1, 0.15) is 0 Å². The summed E-state index contributed by atoms with van der Waals surface area (Å²) in [5.41, 5.74) is 2.18. The number of carbonyl (C=O) groups excluding carboxylic acids is 1. The van der Waals surface area contributed by atoms with Crippen molar-refractivity contribution in [1.29, 1.82) is 0 Å². The molecule has 2 aromatic carbocycles. The molecule has 4 rings (SSSR count). The van der Waals surface area contributed by atoms with Crippen molar-refractivity contribution in [3.8, 4) is 0 Å². The van der Waals surface area contributed by atoms with E-state index in [4.69, 9.17) is 0 Å². The topological polar surface area (TPSA) is 69.7 Å². The second kappa shape index (κ2) is 7.56. The van der Waals surface area contributed by atoms with Crippen LogP contribution >= 0.6 is 0 Å². The summed E-state index contributed by atoms with van der Waals surface area (Å²) in [6.07, 6.45) is 1.58. The highest BCUT2D eigenvalue weighted by Crippen LogP contribution is 2.36. The van der Waals surface area contributed by atoms with E-state index in [1.165, 1.54) is 10.4 Å². The Balaban J connectivity index is 1.66. The Kier molecular flexibility index (Phi) is 5.12. The molecule has 1 unspecified atom stereocenters. The number of fused-ring (bicyclic) bond motifs is 1. The van der Waals surface area contributed by atoms with E-state index in [0.29, 0.717) is 25.1 Å². The molecule has 28 heavy (non-hydrogen) atoms. The van der Waals surface area contributed by atoms with Gasteiger partial charge in [-0.25, -0.2) is 8.42 Å². The van der Waals surface area contributed by atoms with Crippen LogP contribution in [0.1, 0.15) is 29.3 Å². The highest BCUT2D eigenvalue weighted by atomic mass is 32.2. The van der Waals surface area contributed by atoms with Gasteiger partial charge >= 0.3 is 0 Å². The van der Waals surface area contributed by atoms with Crippen molar-refractivity contribution in [2.75, 3.05) is 30.5 Å². The Bertz CT molecular complexity index is 982. The molecule has 2 heterocycles. The highest BCUT2D eigenvalue weighted by molar-refractivity contribution is 7.92. The third-order valence-electron chi connectivity index (χ3n) is 5.41. The van der Waals surface area contributed by atoms with Gasteiger partial charge in [0.25, 0.3) is 15.9 Å². The summed E-state index contributed by atoms with van der Waals surface area (Å²) in [4.78, 5) is 14.9. The van der Waals surface area contributed by atoms with Crippen LogP contribution < -0.4 is 9.62 Å². The van der Waals surface area contributed by atoms with Crippen LogP contribution in [-0.4, -0.2) is 51.4 Å². The molecule has 2 aromatic rings. The summed E-state index contributed by atoms with van der Waals surface area (Å²) in [5, 5.41) is 3.27. The third kappa shape index (κ3) is 3.40. The van der Waals surface area contributed by atoms with Crippen LogP contribution in [0.3, 0.4) is 0 Å². The molecule has 2 aliphatic heterocycles. The molecule has 2 aliphatic rings. The number of carbonyl (C=O) groups is 1. The highest BCUT2D eigenvalue weighted by Gasteiger charge is 2.36. The number of benzene rings is 2. The first-order valence-corrected chi connectivity index (χ1v) is 11.1. The molecule has 1 fully saturated rings. The molecule has 1 amide bonds. The zero-order valence-electron chi connectivity index (χ0n) is 16.0. The number of nitrogens with zero attached hydrogens (tertiary/aromatic N) is 2. The number of sulfonamides is 1. The lowest BCUT2D eigenvalue weighted by molar-refractivity contribution is 0.0766. The maximum absolute atomic E-state index is 13.4. The molecule has 0 saturated carbocycles. The Hall–Kier alpha value is -2.38. The van der Waals surface area contributed by atoms with Crippen LogP contribution in [0.5, 0.6) is 0 Å². The molecular weight excluding hydrogens is 374 g/mol. The van der Waals surface area contributed by atoms with Crippen molar-refractivity contribution in [1.82, 2.24) is 10.2 Å². The number of para-hydroxylation sites is 1. The zero-order valence-corrected chi connectivity index (χ0v) is 16.8. The van der Waals surface area contributed by atoms with Gasteiger partial charge in [-0.05, 0) is 56.1 Å². The standard InChI is InChI=1S/C21H25N3O3S/c1-16-14-17-6-2-3-9-20(17)24(16)28(26,27)19-8-4-7-18(15-19)21(25)23-12-5-10-22-11-13-23/h2-4,6-9,15-16,22H,5,10-14H2,1H3. The lowest BCUT2D eigenvalue weighted by atomic mass is 10.1. The van der Waals surface area contributed by atoms with Crippen molar-refractivity contribution in [2.24, 2.45) is 0 Å². The van der Waals surface area contributed by atoms with Gasteiger partial charge < -0.3 is 10.2 Å². The summed E-state index contributed by atoms with van der Waals surface area (Å²) < 4.78 is 28.3. The lowest BCUT2D eigenvalue weighted by Gasteiger charge is -2.25. The molecule has 7 heteroatoms. The molecule has 1 N–H and O–H groups in total. The average molecular weight is 400 g/mol. The third-order valence-corrected chi connectivity index (χ3v) is 7.33. The number of nitrogens with one attached hydrogen (secondary N) is 1. The predicted octanol–water partition coefficient (Wildman–Crippen LogP) is 2.26. The quantitative estimate of drug-likeness (QED) is 0.860. The molecule has 0 spiro atoms. The predicted molar refractivity (Wildman–Crippen MR) is 109 cm³/mol. The van der Waals surface area contributed by atoms with Gasteiger partial charge in [0.15, 0.2) is 0 Å². The van der Waals surface area contributed by atoms with E-state index in [2.05, 4.69) is 5.32 Å². The van der Waals surface area contributed by atoms with Crippen molar-refractivity contribution in [2.45, 2.75) is 30.7 Å². The molecule has 6 nitrogen and oxygen atoms in total. The Morgan fingerprint density at radius 2 is 1.89 bits per heavy atom. The summed E-state index contributed by atoms with van der Waals surface area (Å²) in [7, 11) is -3.74. The molecule has 1 saturated heterocycles. The van der Waals surface area contributed by atoms with Gasteiger partial charge in [0.05, 0.1) is 10.6 Å². The van der Waals surface area contributed by atoms with Crippen LogP contribution in [0.25, 0.3) is 0 Å². The van der Waals surface area contributed by atoms with Gasteiger partial charge in [-0.3, -0.25) is 9.10 Å². The second-order valence-corrected chi connectivity index (χ2v) is 9.22. The summed E-state index contributed by atoms with van der Waals surface area (Å²) >= 11 is 0. The largest absolute Gasteiger partial charge is 0.337 e. The summed E-state index contributed by atoms with van der Waals surface area (Å²) in [5.74, 6) is -0.115. The van der Waals surface area contributed by atoms with Crippen LogP contribution in [0, 0.1) is 0 Å². The van der Waals surface area contributed by atoms with Gasteiger partial charge in [0.2, 0.25) is 0 Å². The van der Waals surface area contributed by atoms with Crippen LogP contribution in [0.4, 0.5) is 5.69 Å². The normalized spacial score (nSPS) is 20.0. The first-order valence-electron chi connectivity index (χ1n) is 9.71. The maximum Gasteiger partial charge on any atom is 0.264 e. The minimum atomic E-state index is -3.74. The van der Waals surface area contributed by atoms with E-state index in [0.717, 1.165) is 30.8 Å². The fraction of sp³-hybridized carbons (Fsp3) is 0.381. The fourth-order valence-corrected chi connectivity index (χ4v) is 5.78. The average Bonchev–Trinajstić information content (AvgIpc) is 2.86. The molecule has 0 aromatic heterocycles. The summed E-state index contributed by atoms with van der Waals surface area (Å²) in [6, 6.07) is 13.9. The smallest absolute Gasteiger partial charge is 0.264 e.